The number of rotatable bonds is 5. The van der Waals surface area contributed by atoms with Gasteiger partial charge >= 0.3 is 0 Å². The lowest BCUT2D eigenvalue weighted by molar-refractivity contribution is -0.121. The molecule has 0 aromatic heterocycles. The normalized spacial score (nSPS) is 15.7. The Balaban J connectivity index is 1.95. The monoisotopic (exact) mass is 273 g/mol. The Morgan fingerprint density at radius 3 is 2.80 bits per heavy atom. The summed E-state index contributed by atoms with van der Waals surface area (Å²) in [5.41, 5.74) is 1.92. The SMILES string of the molecule is C=Cc1cc(CC(=O)NC2CCCCC2)ccc1OC. The van der Waals surface area contributed by atoms with E-state index in [2.05, 4.69) is 11.9 Å². The lowest BCUT2D eigenvalue weighted by Gasteiger charge is -2.22. The zero-order valence-corrected chi connectivity index (χ0v) is 12.2. The van der Waals surface area contributed by atoms with E-state index in [-0.39, 0.29) is 5.91 Å². The van der Waals surface area contributed by atoms with Gasteiger partial charge in [0.2, 0.25) is 5.91 Å². The molecule has 108 valence electrons. The van der Waals surface area contributed by atoms with Gasteiger partial charge in [-0.05, 0) is 30.5 Å². The molecule has 1 aliphatic rings. The van der Waals surface area contributed by atoms with Crippen LogP contribution in [0.1, 0.15) is 43.2 Å². The van der Waals surface area contributed by atoms with E-state index in [0.717, 1.165) is 29.7 Å². The maximum Gasteiger partial charge on any atom is 0.224 e. The first-order valence-electron chi connectivity index (χ1n) is 7.31. The molecule has 1 saturated carbocycles. The third-order valence-corrected chi connectivity index (χ3v) is 3.85. The van der Waals surface area contributed by atoms with Gasteiger partial charge in [-0.1, -0.05) is 38.0 Å². The fraction of sp³-hybridized carbons (Fsp3) is 0.471. The minimum atomic E-state index is 0.108. The molecule has 0 saturated heterocycles. The molecule has 1 aromatic carbocycles. The highest BCUT2D eigenvalue weighted by Gasteiger charge is 2.16. The molecule has 0 atom stereocenters. The lowest BCUT2D eigenvalue weighted by Crippen LogP contribution is -2.37. The first-order chi connectivity index (χ1) is 9.72. The number of hydrogen-bond donors (Lipinski definition) is 1. The standard InChI is InChI=1S/C17H23NO2/c1-3-14-11-13(9-10-16(14)20-2)12-17(19)18-15-7-5-4-6-8-15/h3,9-11,15H,1,4-8,12H2,2H3,(H,18,19). The number of hydrogen-bond acceptors (Lipinski definition) is 2. The second-order valence-electron chi connectivity index (χ2n) is 5.36. The van der Waals surface area contributed by atoms with Gasteiger partial charge in [-0.3, -0.25) is 4.79 Å². The van der Waals surface area contributed by atoms with E-state index in [1.165, 1.54) is 19.3 Å². The molecular formula is C17H23NO2. The molecule has 20 heavy (non-hydrogen) atoms. The van der Waals surface area contributed by atoms with Gasteiger partial charge in [0.05, 0.1) is 13.5 Å². The molecule has 1 aromatic rings. The second-order valence-corrected chi connectivity index (χ2v) is 5.36. The van der Waals surface area contributed by atoms with Gasteiger partial charge in [0, 0.05) is 11.6 Å². The van der Waals surface area contributed by atoms with E-state index in [4.69, 9.17) is 4.74 Å². The molecule has 0 heterocycles. The summed E-state index contributed by atoms with van der Waals surface area (Å²) in [6.45, 7) is 3.77. The smallest absolute Gasteiger partial charge is 0.224 e. The molecule has 0 radical (unpaired) electrons. The van der Waals surface area contributed by atoms with Gasteiger partial charge in [0.15, 0.2) is 0 Å². The van der Waals surface area contributed by atoms with Crippen molar-refractivity contribution in [2.45, 2.75) is 44.6 Å². The number of ether oxygens (including phenoxy) is 1. The van der Waals surface area contributed by atoms with Crippen LogP contribution in [0.3, 0.4) is 0 Å². The van der Waals surface area contributed by atoms with Gasteiger partial charge in [0.1, 0.15) is 5.75 Å². The molecule has 0 unspecified atom stereocenters. The number of carbonyl (C=O) groups is 1. The topological polar surface area (TPSA) is 38.3 Å². The van der Waals surface area contributed by atoms with Crippen LogP contribution in [0.25, 0.3) is 6.08 Å². The molecule has 3 heteroatoms. The van der Waals surface area contributed by atoms with Crippen LogP contribution in [0.5, 0.6) is 5.75 Å². The fourth-order valence-electron chi connectivity index (χ4n) is 2.76. The van der Waals surface area contributed by atoms with Crippen LogP contribution >= 0.6 is 0 Å². The molecule has 1 aliphatic carbocycles. The molecule has 1 amide bonds. The largest absolute Gasteiger partial charge is 0.496 e. The van der Waals surface area contributed by atoms with Crippen molar-refractivity contribution in [3.63, 3.8) is 0 Å². The van der Waals surface area contributed by atoms with Crippen molar-refractivity contribution >= 4 is 12.0 Å². The van der Waals surface area contributed by atoms with Gasteiger partial charge in [-0.15, -0.1) is 0 Å². The van der Waals surface area contributed by atoms with E-state index in [1.54, 1.807) is 13.2 Å². The van der Waals surface area contributed by atoms with Crippen LogP contribution in [0.4, 0.5) is 0 Å². The summed E-state index contributed by atoms with van der Waals surface area (Å²) in [7, 11) is 1.64. The summed E-state index contributed by atoms with van der Waals surface area (Å²) in [6.07, 6.45) is 8.16. The third kappa shape index (κ3) is 3.86. The van der Waals surface area contributed by atoms with Crippen molar-refractivity contribution in [2.24, 2.45) is 0 Å². The Kier molecular flexibility index (Phi) is 5.22. The highest BCUT2D eigenvalue weighted by molar-refractivity contribution is 5.79. The van der Waals surface area contributed by atoms with Crippen molar-refractivity contribution in [3.8, 4) is 5.75 Å². The zero-order chi connectivity index (χ0) is 14.4. The van der Waals surface area contributed by atoms with Crippen LogP contribution in [-0.4, -0.2) is 19.1 Å². The summed E-state index contributed by atoms with van der Waals surface area (Å²) < 4.78 is 5.25. The quantitative estimate of drug-likeness (QED) is 0.893. The molecular weight excluding hydrogens is 250 g/mol. The van der Waals surface area contributed by atoms with Gasteiger partial charge < -0.3 is 10.1 Å². The predicted octanol–water partition coefficient (Wildman–Crippen LogP) is 3.33. The summed E-state index contributed by atoms with van der Waals surface area (Å²) in [5.74, 6) is 0.897. The van der Waals surface area contributed by atoms with Crippen molar-refractivity contribution in [2.75, 3.05) is 7.11 Å². The van der Waals surface area contributed by atoms with E-state index in [1.807, 2.05) is 18.2 Å². The van der Waals surface area contributed by atoms with Crippen LogP contribution < -0.4 is 10.1 Å². The van der Waals surface area contributed by atoms with Gasteiger partial charge in [-0.25, -0.2) is 0 Å². The summed E-state index contributed by atoms with van der Waals surface area (Å²) in [5, 5.41) is 3.14. The van der Waals surface area contributed by atoms with Crippen molar-refractivity contribution in [3.05, 3.63) is 35.9 Å². The third-order valence-electron chi connectivity index (χ3n) is 3.85. The number of benzene rings is 1. The number of amides is 1. The lowest BCUT2D eigenvalue weighted by atomic mass is 9.95. The van der Waals surface area contributed by atoms with E-state index < -0.39 is 0 Å². The summed E-state index contributed by atoms with van der Waals surface area (Å²) in [6, 6.07) is 6.16. The number of methoxy groups -OCH3 is 1. The fourth-order valence-corrected chi connectivity index (χ4v) is 2.76. The van der Waals surface area contributed by atoms with Gasteiger partial charge in [-0.2, -0.15) is 0 Å². The maximum atomic E-state index is 12.1. The maximum absolute atomic E-state index is 12.1. The Morgan fingerprint density at radius 2 is 2.15 bits per heavy atom. The molecule has 0 bridgehead atoms. The zero-order valence-electron chi connectivity index (χ0n) is 12.2. The first kappa shape index (κ1) is 14.6. The Bertz CT molecular complexity index is 476. The van der Waals surface area contributed by atoms with Gasteiger partial charge in [0.25, 0.3) is 0 Å². The second kappa shape index (κ2) is 7.13. The number of nitrogens with one attached hydrogen (secondary N) is 1. The summed E-state index contributed by atoms with van der Waals surface area (Å²) in [4.78, 5) is 12.1. The van der Waals surface area contributed by atoms with E-state index >= 15 is 0 Å². The highest BCUT2D eigenvalue weighted by Crippen LogP contribution is 2.21. The highest BCUT2D eigenvalue weighted by atomic mass is 16.5. The molecule has 3 nitrogen and oxygen atoms in total. The first-order valence-corrected chi connectivity index (χ1v) is 7.31. The Labute approximate surface area is 121 Å². The van der Waals surface area contributed by atoms with Crippen LogP contribution in [-0.2, 0) is 11.2 Å². The van der Waals surface area contributed by atoms with E-state index in [0.29, 0.717) is 12.5 Å². The minimum Gasteiger partial charge on any atom is -0.496 e. The van der Waals surface area contributed by atoms with Crippen LogP contribution in [0, 0.1) is 0 Å². The molecule has 1 N–H and O–H groups in total. The molecule has 0 aliphatic heterocycles. The minimum absolute atomic E-state index is 0.108. The number of carbonyl (C=O) groups excluding carboxylic acids is 1. The Hall–Kier alpha value is -1.77. The van der Waals surface area contributed by atoms with E-state index in [9.17, 15) is 4.79 Å². The van der Waals surface area contributed by atoms with Crippen molar-refractivity contribution < 1.29 is 9.53 Å². The summed E-state index contributed by atoms with van der Waals surface area (Å²) >= 11 is 0. The predicted molar refractivity (Wildman–Crippen MR) is 81.8 cm³/mol. The Morgan fingerprint density at radius 1 is 1.40 bits per heavy atom. The van der Waals surface area contributed by atoms with Crippen LogP contribution in [0.2, 0.25) is 0 Å². The average molecular weight is 273 g/mol. The molecule has 1 fully saturated rings. The molecule has 2 rings (SSSR count). The molecule has 0 spiro atoms. The van der Waals surface area contributed by atoms with Crippen molar-refractivity contribution in [1.82, 2.24) is 5.32 Å². The van der Waals surface area contributed by atoms with Crippen LogP contribution in [0.15, 0.2) is 24.8 Å². The average Bonchev–Trinajstić information content (AvgIpc) is 2.48. The van der Waals surface area contributed by atoms with Crippen molar-refractivity contribution in [1.29, 1.82) is 0 Å².